The topological polar surface area (TPSA) is 94.8 Å². The summed E-state index contributed by atoms with van der Waals surface area (Å²) in [4.78, 5) is 23.4. The number of piperidine rings is 1. The van der Waals surface area contributed by atoms with Gasteiger partial charge in [0, 0.05) is 19.8 Å². The molecule has 1 aliphatic rings. The van der Waals surface area contributed by atoms with Crippen LogP contribution < -0.4 is 0 Å². The molecule has 0 bridgehead atoms. The summed E-state index contributed by atoms with van der Waals surface area (Å²) in [6.45, 7) is 6.69. The van der Waals surface area contributed by atoms with E-state index < -0.39 is 33.7 Å². The van der Waals surface area contributed by atoms with Crippen molar-refractivity contribution in [3.05, 3.63) is 0 Å². The van der Waals surface area contributed by atoms with Crippen molar-refractivity contribution in [1.29, 1.82) is 0 Å². The van der Waals surface area contributed by atoms with Gasteiger partial charge in [-0.3, -0.25) is 0 Å². The zero-order valence-corrected chi connectivity index (χ0v) is 11.3. The molecule has 1 unspecified atom stereocenters. The Morgan fingerprint density at radius 3 is 2.11 bits per heavy atom. The first-order valence-electron chi connectivity index (χ1n) is 6.02. The lowest BCUT2D eigenvalue weighted by Crippen LogP contribution is -2.78. The standard InChI is InChI=1S/C12H21NO5/c1-11(2,3)13(10(17)18)6-5-8(14)7-12(13,4)9(15)16/h8,14H,5-7H2,1-4H3,(H-,15,16,17,18)/p+1/t8-,12+,13?/m0/s1. The smallest absolute Gasteiger partial charge is 0.477 e. The van der Waals surface area contributed by atoms with Crippen LogP contribution in [0.5, 0.6) is 0 Å². The summed E-state index contributed by atoms with van der Waals surface area (Å²) in [6, 6.07) is 0. The molecule has 6 heteroatoms. The molecule has 1 aliphatic heterocycles. The Morgan fingerprint density at radius 2 is 1.78 bits per heavy atom. The molecule has 0 aromatic rings. The van der Waals surface area contributed by atoms with Crippen LogP contribution in [0.2, 0.25) is 0 Å². The van der Waals surface area contributed by atoms with Crippen LogP contribution in [-0.2, 0) is 4.79 Å². The minimum Gasteiger partial charge on any atom is -0.477 e. The molecule has 1 amide bonds. The molecule has 0 aliphatic carbocycles. The number of aliphatic hydroxyl groups excluding tert-OH is 1. The minimum atomic E-state index is -1.53. The van der Waals surface area contributed by atoms with Crippen LogP contribution in [-0.4, -0.2) is 55.6 Å². The second-order valence-electron chi connectivity index (χ2n) is 6.21. The Balaban J connectivity index is 3.47. The number of quaternary nitrogens is 1. The zero-order valence-electron chi connectivity index (χ0n) is 11.3. The van der Waals surface area contributed by atoms with Crippen molar-refractivity contribution in [1.82, 2.24) is 0 Å². The van der Waals surface area contributed by atoms with Crippen molar-refractivity contribution in [3.8, 4) is 0 Å². The second-order valence-corrected chi connectivity index (χ2v) is 6.21. The lowest BCUT2D eigenvalue weighted by molar-refractivity contribution is -0.946. The molecular formula is C12H22NO5+. The monoisotopic (exact) mass is 260 g/mol. The average Bonchev–Trinajstić information content (AvgIpc) is 2.14. The van der Waals surface area contributed by atoms with Crippen LogP contribution in [0.1, 0.15) is 40.5 Å². The first-order valence-corrected chi connectivity index (χ1v) is 6.02. The van der Waals surface area contributed by atoms with Gasteiger partial charge in [-0.05, 0) is 20.8 Å². The molecule has 1 heterocycles. The van der Waals surface area contributed by atoms with Crippen LogP contribution in [0.4, 0.5) is 4.79 Å². The molecule has 0 aromatic carbocycles. The Labute approximate surface area is 106 Å². The average molecular weight is 260 g/mol. The summed E-state index contributed by atoms with van der Waals surface area (Å²) in [5.41, 5.74) is -2.29. The lowest BCUT2D eigenvalue weighted by Gasteiger charge is -2.55. The van der Waals surface area contributed by atoms with Crippen molar-refractivity contribution < 1.29 is 29.4 Å². The molecule has 3 atom stereocenters. The van der Waals surface area contributed by atoms with Gasteiger partial charge in [0.15, 0.2) is 0 Å². The molecule has 0 radical (unpaired) electrons. The van der Waals surface area contributed by atoms with Gasteiger partial charge in [0.2, 0.25) is 5.54 Å². The number of carbonyl (C=O) groups is 2. The van der Waals surface area contributed by atoms with Gasteiger partial charge in [0.1, 0.15) is 5.54 Å². The summed E-state index contributed by atoms with van der Waals surface area (Å²) in [7, 11) is 0. The molecule has 6 nitrogen and oxygen atoms in total. The zero-order chi connectivity index (χ0) is 14.4. The maximum absolute atomic E-state index is 11.8. The van der Waals surface area contributed by atoms with E-state index in [1.807, 2.05) is 0 Å². The number of carboxylic acids is 1. The van der Waals surface area contributed by atoms with E-state index >= 15 is 0 Å². The first kappa shape index (κ1) is 14.9. The minimum absolute atomic E-state index is 0.0497. The fourth-order valence-electron chi connectivity index (χ4n) is 3.23. The van der Waals surface area contributed by atoms with Gasteiger partial charge in [-0.2, -0.15) is 4.79 Å². The Bertz CT molecular complexity index is 375. The highest BCUT2D eigenvalue weighted by molar-refractivity contribution is 5.79. The molecule has 1 saturated heterocycles. The van der Waals surface area contributed by atoms with E-state index in [4.69, 9.17) is 0 Å². The van der Waals surface area contributed by atoms with Crippen molar-refractivity contribution in [2.75, 3.05) is 6.54 Å². The van der Waals surface area contributed by atoms with Crippen LogP contribution in [0.25, 0.3) is 0 Å². The number of hydrogen-bond donors (Lipinski definition) is 3. The third-order valence-electron chi connectivity index (χ3n) is 4.21. The Hall–Kier alpha value is -1.14. The third kappa shape index (κ3) is 1.80. The number of amides is 1. The summed E-state index contributed by atoms with van der Waals surface area (Å²) in [5.74, 6) is -1.18. The van der Waals surface area contributed by atoms with Crippen molar-refractivity contribution in [2.45, 2.75) is 57.7 Å². The van der Waals surface area contributed by atoms with E-state index in [0.717, 1.165) is 0 Å². The quantitative estimate of drug-likeness (QED) is 0.617. The van der Waals surface area contributed by atoms with Gasteiger partial charge >= 0.3 is 12.1 Å². The molecule has 1 fully saturated rings. The third-order valence-corrected chi connectivity index (χ3v) is 4.21. The fraction of sp³-hybridized carbons (Fsp3) is 0.833. The predicted octanol–water partition coefficient (Wildman–Crippen LogP) is 1.28. The maximum Gasteiger partial charge on any atom is 0.514 e. The van der Waals surface area contributed by atoms with Crippen molar-refractivity contribution in [3.63, 3.8) is 0 Å². The number of aliphatic hydroxyl groups is 1. The summed E-state index contributed by atoms with van der Waals surface area (Å²) < 4.78 is -0.563. The van der Waals surface area contributed by atoms with Gasteiger partial charge in [0.05, 0.1) is 12.6 Å². The van der Waals surface area contributed by atoms with E-state index in [9.17, 15) is 24.9 Å². The Kier molecular flexibility index (Phi) is 3.49. The van der Waals surface area contributed by atoms with E-state index in [-0.39, 0.29) is 13.0 Å². The van der Waals surface area contributed by atoms with Crippen LogP contribution in [0, 0.1) is 0 Å². The van der Waals surface area contributed by atoms with Gasteiger partial charge in [0.25, 0.3) is 0 Å². The summed E-state index contributed by atoms with van der Waals surface area (Å²) in [6.07, 6.45) is -1.67. The van der Waals surface area contributed by atoms with Crippen molar-refractivity contribution >= 4 is 12.1 Å². The molecular weight excluding hydrogens is 238 g/mol. The Morgan fingerprint density at radius 1 is 1.28 bits per heavy atom. The van der Waals surface area contributed by atoms with E-state index in [2.05, 4.69) is 0 Å². The van der Waals surface area contributed by atoms with Crippen LogP contribution >= 0.6 is 0 Å². The molecule has 0 aromatic heterocycles. The SMILES string of the molecule is CC(C)(C)[N+]1(C(=O)O)CC[C@H](O)C[C@]1(C)C(=O)O. The summed E-state index contributed by atoms with van der Waals surface area (Å²) >= 11 is 0. The molecule has 18 heavy (non-hydrogen) atoms. The second kappa shape index (κ2) is 4.20. The predicted molar refractivity (Wildman–Crippen MR) is 64.2 cm³/mol. The molecule has 104 valence electrons. The first-order chi connectivity index (χ1) is 7.99. The number of aliphatic carboxylic acids is 1. The van der Waals surface area contributed by atoms with Gasteiger partial charge in [-0.15, -0.1) is 0 Å². The number of likely N-dealkylation sites (tertiary alicyclic amines) is 1. The molecule has 0 spiro atoms. The lowest BCUT2D eigenvalue weighted by atomic mass is 9.79. The molecule has 1 rings (SSSR count). The van der Waals surface area contributed by atoms with Crippen LogP contribution in [0.15, 0.2) is 0 Å². The van der Waals surface area contributed by atoms with E-state index in [1.165, 1.54) is 6.92 Å². The fourth-order valence-corrected chi connectivity index (χ4v) is 3.23. The van der Waals surface area contributed by atoms with E-state index in [0.29, 0.717) is 6.42 Å². The highest BCUT2D eigenvalue weighted by Gasteiger charge is 2.66. The van der Waals surface area contributed by atoms with Crippen molar-refractivity contribution in [2.24, 2.45) is 0 Å². The highest BCUT2D eigenvalue weighted by Crippen LogP contribution is 2.43. The number of nitrogens with zero attached hydrogens (tertiary/aromatic N) is 1. The van der Waals surface area contributed by atoms with E-state index in [1.54, 1.807) is 20.8 Å². The number of carboxylic acid groups (broad SMARTS) is 2. The highest BCUT2D eigenvalue weighted by atomic mass is 16.4. The molecule has 0 saturated carbocycles. The molecule has 3 N–H and O–H groups in total. The largest absolute Gasteiger partial charge is 0.514 e. The van der Waals surface area contributed by atoms with Gasteiger partial charge in [-0.25, -0.2) is 9.28 Å². The summed E-state index contributed by atoms with van der Waals surface area (Å²) in [5, 5.41) is 28.8. The van der Waals surface area contributed by atoms with Gasteiger partial charge in [-0.1, -0.05) is 0 Å². The number of rotatable bonds is 1. The number of hydrogen-bond acceptors (Lipinski definition) is 3. The maximum atomic E-state index is 11.8. The normalized spacial score (nSPS) is 37.3. The van der Waals surface area contributed by atoms with Gasteiger partial charge < -0.3 is 15.3 Å². The van der Waals surface area contributed by atoms with Crippen LogP contribution in [0.3, 0.4) is 0 Å².